The Morgan fingerprint density at radius 3 is 2.35 bits per heavy atom. The lowest BCUT2D eigenvalue weighted by atomic mass is 10.0. The smallest absolute Gasteiger partial charge is 0.271 e. The maximum absolute atomic E-state index is 14.2. The van der Waals surface area contributed by atoms with Crippen molar-refractivity contribution in [3.05, 3.63) is 104 Å². The molecule has 1 N–H and O–H groups in total. The van der Waals surface area contributed by atoms with Crippen LogP contribution < -0.4 is 9.62 Å². The maximum atomic E-state index is 14.2. The van der Waals surface area contributed by atoms with Crippen molar-refractivity contribution in [3.63, 3.8) is 0 Å². The molecule has 0 spiro atoms. The lowest BCUT2D eigenvalue weighted by Gasteiger charge is -2.34. The number of halogens is 2. The number of anilines is 1. The summed E-state index contributed by atoms with van der Waals surface area (Å²) in [6.45, 7) is 3.14. The van der Waals surface area contributed by atoms with Gasteiger partial charge in [-0.3, -0.25) is 24.0 Å². The molecule has 0 radical (unpaired) electrons. The number of rotatable bonds is 14. The number of carbonyl (C=O) groups is 2. The highest BCUT2D eigenvalue weighted by molar-refractivity contribution is 7.92. The number of benzene rings is 3. The third kappa shape index (κ3) is 9.41. The molecule has 3 rings (SSSR count). The minimum atomic E-state index is -4.10. The van der Waals surface area contributed by atoms with E-state index >= 15 is 0 Å². The van der Waals surface area contributed by atoms with E-state index in [4.69, 9.17) is 23.2 Å². The molecule has 10 nitrogen and oxygen atoms in total. The molecule has 0 fully saturated rings. The molecule has 13 heteroatoms. The Balaban J connectivity index is 2.11. The van der Waals surface area contributed by atoms with Crippen molar-refractivity contribution in [2.75, 3.05) is 23.7 Å². The van der Waals surface area contributed by atoms with E-state index in [9.17, 15) is 28.1 Å². The largest absolute Gasteiger partial charge is 0.354 e. The number of carbonyl (C=O) groups excluding carboxylic acids is 2. The zero-order valence-corrected chi connectivity index (χ0v) is 26.5. The number of sulfonamides is 1. The summed E-state index contributed by atoms with van der Waals surface area (Å²) < 4.78 is 26.8. The molecule has 3 aromatic rings. The number of non-ortho nitro benzene ring substituents is 1. The third-order valence-corrected chi connectivity index (χ3v) is 8.52. The molecule has 230 valence electrons. The van der Waals surface area contributed by atoms with Gasteiger partial charge in [-0.2, -0.15) is 0 Å². The van der Waals surface area contributed by atoms with Crippen molar-refractivity contribution in [2.24, 2.45) is 0 Å². The van der Waals surface area contributed by atoms with Gasteiger partial charge in [0.25, 0.3) is 5.69 Å². The van der Waals surface area contributed by atoms with Gasteiger partial charge in [-0.15, -0.1) is 0 Å². The number of hydrogen-bond donors (Lipinski definition) is 1. The number of nitro benzene ring substituents is 1. The number of hydrogen-bond acceptors (Lipinski definition) is 6. The van der Waals surface area contributed by atoms with Gasteiger partial charge in [-0.1, -0.05) is 79.0 Å². The summed E-state index contributed by atoms with van der Waals surface area (Å²) in [6, 6.07) is 16.7. The predicted octanol–water partition coefficient (Wildman–Crippen LogP) is 5.53. The summed E-state index contributed by atoms with van der Waals surface area (Å²) >= 11 is 12.6. The molecular formula is C30H34Cl2N4O6S. The zero-order chi connectivity index (χ0) is 31.7. The van der Waals surface area contributed by atoms with Crippen LogP contribution in [0.2, 0.25) is 10.0 Å². The highest BCUT2D eigenvalue weighted by Crippen LogP contribution is 2.29. The number of aryl methyl sites for hydroxylation is 1. The quantitative estimate of drug-likeness (QED) is 0.139. The van der Waals surface area contributed by atoms with Crippen LogP contribution in [0.1, 0.15) is 36.5 Å². The van der Waals surface area contributed by atoms with Crippen LogP contribution in [0.5, 0.6) is 0 Å². The van der Waals surface area contributed by atoms with Crippen LogP contribution in [0.3, 0.4) is 0 Å². The van der Waals surface area contributed by atoms with Crippen LogP contribution in [-0.4, -0.2) is 55.4 Å². The number of unbranched alkanes of at least 4 members (excludes halogenated alkanes) is 1. The van der Waals surface area contributed by atoms with Crippen LogP contribution >= 0.6 is 23.2 Å². The summed E-state index contributed by atoms with van der Waals surface area (Å²) in [5, 5.41) is 15.0. The van der Waals surface area contributed by atoms with Gasteiger partial charge in [-0.05, 0) is 42.2 Å². The van der Waals surface area contributed by atoms with Gasteiger partial charge in [0.2, 0.25) is 21.8 Å². The first kappa shape index (κ1) is 33.8. The van der Waals surface area contributed by atoms with Gasteiger partial charge >= 0.3 is 0 Å². The second-order valence-corrected chi connectivity index (χ2v) is 12.9. The first-order valence-electron chi connectivity index (χ1n) is 13.6. The number of amides is 2. The SMILES string of the molecule is CCCCNC(=O)[C@@H](Cc1ccccc1)N(Cc1ccc(Cl)cc1Cl)C(=O)CN(c1cc([N+](=O)[O-])ccc1C)S(C)(=O)=O. The van der Waals surface area contributed by atoms with Crippen molar-refractivity contribution in [1.82, 2.24) is 10.2 Å². The maximum Gasteiger partial charge on any atom is 0.271 e. The third-order valence-electron chi connectivity index (χ3n) is 6.81. The number of nitrogens with zero attached hydrogens (tertiary/aromatic N) is 3. The second-order valence-electron chi connectivity index (χ2n) is 10.1. The summed E-state index contributed by atoms with van der Waals surface area (Å²) in [7, 11) is -4.10. The fourth-order valence-corrected chi connectivity index (χ4v) is 5.84. The van der Waals surface area contributed by atoms with Crippen LogP contribution in [0.4, 0.5) is 11.4 Å². The standard InChI is InChI=1S/C30H34Cl2N4O6S/c1-4-5-15-33-30(38)28(16-22-9-7-6-8-10-22)34(19-23-12-13-24(31)17-26(23)32)29(37)20-35(43(3,41)42)27-18-25(36(39)40)14-11-21(27)2/h6-14,17-18,28H,4-5,15-16,19-20H2,1-3H3,(H,33,38)/t28-/m1/s1. The van der Waals surface area contributed by atoms with E-state index in [1.54, 1.807) is 19.1 Å². The van der Waals surface area contributed by atoms with Gasteiger partial charge in [0.05, 0.1) is 16.9 Å². The lowest BCUT2D eigenvalue weighted by Crippen LogP contribution is -2.53. The molecular weight excluding hydrogens is 615 g/mol. The Labute approximate surface area is 261 Å². The van der Waals surface area contributed by atoms with E-state index in [0.29, 0.717) is 22.7 Å². The topological polar surface area (TPSA) is 130 Å². The molecule has 0 aliphatic heterocycles. The minimum absolute atomic E-state index is 0.0125. The van der Waals surface area contributed by atoms with Gasteiger partial charge < -0.3 is 10.2 Å². The molecule has 0 aliphatic carbocycles. The van der Waals surface area contributed by atoms with E-state index in [1.165, 1.54) is 23.1 Å². The first-order chi connectivity index (χ1) is 20.3. The average molecular weight is 650 g/mol. The lowest BCUT2D eigenvalue weighted by molar-refractivity contribution is -0.384. The fourth-order valence-electron chi connectivity index (χ4n) is 4.47. The van der Waals surface area contributed by atoms with Crippen molar-refractivity contribution < 1.29 is 22.9 Å². The normalized spacial score (nSPS) is 11.9. The second kappa shape index (κ2) is 15.2. The summed E-state index contributed by atoms with van der Waals surface area (Å²) in [4.78, 5) is 40.0. The predicted molar refractivity (Wildman–Crippen MR) is 169 cm³/mol. The van der Waals surface area contributed by atoms with E-state index < -0.39 is 39.3 Å². The van der Waals surface area contributed by atoms with E-state index in [-0.39, 0.29) is 29.4 Å². The molecule has 0 bridgehead atoms. The molecule has 0 heterocycles. The highest BCUT2D eigenvalue weighted by atomic mass is 35.5. The van der Waals surface area contributed by atoms with Crippen molar-refractivity contribution in [3.8, 4) is 0 Å². The molecule has 2 amide bonds. The molecule has 1 atom stereocenters. The molecule has 0 saturated carbocycles. The molecule has 3 aromatic carbocycles. The van der Waals surface area contributed by atoms with E-state index in [1.807, 2.05) is 37.3 Å². The first-order valence-corrected chi connectivity index (χ1v) is 16.2. The summed E-state index contributed by atoms with van der Waals surface area (Å²) in [5.74, 6) is -1.11. The molecule has 0 saturated heterocycles. The van der Waals surface area contributed by atoms with Gasteiger partial charge in [0.1, 0.15) is 12.6 Å². The van der Waals surface area contributed by atoms with Gasteiger partial charge in [-0.25, -0.2) is 8.42 Å². The summed E-state index contributed by atoms with van der Waals surface area (Å²) in [6.07, 6.45) is 2.63. The Hall–Kier alpha value is -3.67. The minimum Gasteiger partial charge on any atom is -0.354 e. The Morgan fingerprint density at radius 2 is 1.74 bits per heavy atom. The van der Waals surface area contributed by atoms with Crippen molar-refractivity contribution in [1.29, 1.82) is 0 Å². The monoisotopic (exact) mass is 648 g/mol. The zero-order valence-electron chi connectivity index (χ0n) is 24.1. The van der Waals surface area contributed by atoms with E-state index in [2.05, 4.69) is 5.32 Å². The molecule has 0 unspecified atom stereocenters. The summed E-state index contributed by atoms with van der Waals surface area (Å²) in [5.41, 5.74) is 1.35. The number of nitro groups is 1. The van der Waals surface area contributed by atoms with Crippen LogP contribution in [0.15, 0.2) is 66.7 Å². The fraction of sp³-hybridized carbons (Fsp3) is 0.333. The molecule has 43 heavy (non-hydrogen) atoms. The Bertz CT molecular complexity index is 1570. The number of nitrogens with one attached hydrogen (secondary N) is 1. The van der Waals surface area contributed by atoms with Crippen LogP contribution in [-0.2, 0) is 32.6 Å². The van der Waals surface area contributed by atoms with Crippen molar-refractivity contribution >= 4 is 56.4 Å². The highest BCUT2D eigenvalue weighted by Gasteiger charge is 2.34. The van der Waals surface area contributed by atoms with Crippen LogP contribution in [0.25, 0.3) is 0 Å². The van der Waals surface area contributed by atoms with Gasteiger partial charge in [0, 0.05) is 41.7 Å². The molecule has 0 aromatic heterocycles. The van der Waals surface area contributed by atoms with Crippen molar-refractivity contribution in [2.45, 2.75) is 45.7 Å². The van der Waals surface area contributed by atoms with E-state index in [0.717, 1.165) is 35.0 Å². The average Bonchev–Trinajstić information content (AvgIpc) is 2.95. The Kier molecular flexibility index (Phi) is 11.9. The van der Waals surface area contributed by atoms with Crippen LogP contribution in [0, 0.1) is 17.0 Å². The molecule has 0 aliphatic rings. The van der Waals surface area contributed by atoms with Gasteiger partial charge in [0.15, 0.2) is 0 Å². The Morgan fingerprint density at radius 1 is 1.05 bits per heavy atom.